The lowest BCUT2D eigenvalue weighted by Crippen LogP contribution is -2.57. The molecule has 0 spiro atoms. The molecule has 13 nitrogen and oxygen atoms in total. The van der Waals surface area contributed by atoms with Crippen LogP contribution < -0.4 is 24.8 Å². The highest BCUT2D eigenvalue weighted by atomic mass is 32.2. The van der Waals surface area contributed by atoms with E-state index in [0.717, 1.165) is 31.2 Å². The average Bonchev–Trinajstić information content (AvgIpc) is 4.06. The Kier molecular flexibility index (Phi) is 11.1. The van der Waals surface area contributed by atoms with Crippen molar-refractivity contribution in [2.75, 3.05) is 13.7 Å². The van der Waals surface area contributed by atoms with E-state index in [0.29, 0.717) is 40.9 Å². The van der Waals surface area contributed by atoms with Gasteiger partial charge in [-0.3, -0.25) is 23.9 Å². The molecule has 14 heteroatoms. The number of sulfonamides is 1. The third kappa shape index (κ3) is 8.65. The highest BCUT2D eigenvalue weighted by molar-refractivity contribution is 7.91. The number of nitrogens with one attached hydrogen (secondary N) is 3. The summed E-state index contributed by atoms with van der Waals surface area (Å²) in [7, 11) is -2.32. The van der Waals surface area contributed by atoms with Crippen molar-refractivity contribution >= 4 is 44.6 Å². The molecule has 7 rings (SSSR count). The van der Waals surface area contributed by atoms with Gasteiger partial charge in [0.15, 0.2) is 0 Å². The molecule has 3 N–H and O–H groups in total. The minimum Gasteiger partial charge on any atom is -0.497 e. The van der Waals surface area contributed by atoms with Crippen molar-refractivity contribution in [3.63, 3.8) is 0 Å². The van der Waals surface area contributed by atoms with Crippen LogP contribution in [0.2, 0.25) is 0 Å². The van der Waals surface area contributed by atoms with E-state index >= 15 is 0 Å². The fourth-order valence-corrected chi connectivity index (χ4v) is 9.60. The summed E-state index contributed by atoms with van der Waals surface area (Å²) in [6.45, 7) is 9.54. The number of rotatable bonds is 14. The number of ether oxygens (including phenoxy) is 2. The molecule has 57 heavy (non-hydrogen) atoms. The van der Waals surface area contributed by atoms with E-state index in [2.05, 4.69) is 21.9 Å². The number of amides is 4. The van der Waals surface area contributed by atoms with Crippen LogP contribution in [0.4, 0.5) is 0 Å². The fourth-order valence-electron chi connectivity index (χ4n) is 8.24. The first-order chi connectivity index (χ1) is 27.1. The van der Waals surface area contributed by atoms with E-state index in [1.54, 1.807) is 7.11 Å². The summed E-state index contributed by atoms with van der Waals surface area (Å²) >= 11 is 0. The van der Waals surface area contributed by atoms with Gasteiger partial charge in [-0.2, -0.15) is 0 Å². The number of likely N-dealkylation sites (tertiary alicyclic amines) is 1. The van der Waals surface area contributed by atoms with Crippen LogP contribution in [0.5, 0.6) is 11.5 Å². The molecular formula is C43H53N5O8S. The first-order valence-corrected chi connectivity index (χ1v) is 21.5. The van der Waals surface area contributed by atoms with Gasteiger partial charge in [0.05, 0.1) is 36.0 Å². The van der Waals surface area contributed by atoms with Gasteiger partial charge >= 0.3 is 0 Å². The number of hydrogen-bond acceptors (Lipinski definition) is 9. The minimum absolute atomic E-state index is 0.0223. The largest absolute Gasteiger partial charge is 0.497 e. The molecule has 0 bridgehead atoms. The molecule has 1 unspecified atom stereocenters. The number of fused-ring (bicyclic) bond motifs is 1. The topological polar surface area (TPSA) is 173 Å². The quantitative estimate of drug-likeness (QED) is 0.189. The van der Waals surface area contributed by atoms with Crippen LogP contribution in [0, 0.1) is 17.3 Å². The minimum atomic E-state index is -3.90. The number of aromatic nitrogens is 1. The Hall–Kier alpha value is -4.98. The van der Waals surface area contributed by atoms with Crippen molar-refractivity contribution in [1.29, 1.82) is 0 Å². The Morgan fingerprint density at radius 2 is 1.75 bits per heavy atom. The number of hydrogen-bond donors (Lipinski definition) is 3. The Morgan fingerprint density at radius 1 is 1.04 bits per heavy atom. The molecule has 5 atom stereocenters. The summed E-state index contributed by atoms with van der Waals surface area (Å²) in [5.41, 5.74) is -0.0389. The van der Waals surface area contributed by atoms with E-state index in [-0.39, 0.29) is 43.7 Å². The lowest BCUT2D eigenvalue weighted by molar-refractivity contribution is -0.147. The molecule has 2 aromatic carbocycles. The smallest absolute Gasteiger partial charge is 0.259 e. The molecule has 1 saturated heterocycles. The summed E-state index contributed by atoms with van der Waals surface area (Å²) in [5, 5.41) is 6.04. The molecular weight excluding hydrogens is 747 g/mol. The molecule has 4 amide bonds. The predicted octanol–water partition coefficient (Wildman–Crippen LogP) is 5.04. The van der Waals surface area contributed by atoms with Crippen molar-refractivity contribution in [1.82, 2.24) is 25.2 Å². The van der Waals surface area contributed by atoms with Gasteiger partial charge in [-0.1, -0.05) is 70.0 Å². The lowest BCUT2D eigenvalue weighted by atomic mass is 9.77. The highest BCUT2D eigenvalue weighted by Crippen LogP contribution is 2.46. The SMILES string of the molecule is C=CC1C[C@]1(NC(=O)[C@@H]1C[C@@H](Oc2cc(-c3ccccc3)nc3cc(OC)ccc23)CN1C(=O)[C@@H](CC(=O)NC1CCCC1)C(C)(C)C)C(=O)NS(=O)(=O)C1CC1. The van der Waals surface area contributed by atoms with E-state index in [4.69, 9.17) is 14.5 Å². The van der Waals surface area contributed by atoms with Crippen LogP contribution in [0.3, 0.4) is 0 Å². The fraction of sp³-hybridized carbons (Fsp3) is 0.512. The Balaban J connectivity index is 1.20. The molecule has 1 aromatic heterocycles. The van der Waals surface area contributed by atoms with Crippen LogP contribution in [0.25, 0.3) is 22.2 Å². The van der Waals surface area contributed by atoms with Gasteiger partial charge in [0.25, 0.3) is 5.91 Å². The van der Waals surface area contributed by atoms with Crippen LogP contribution in [0.15, 0.2) is 67.3 Å². The number of benzene rings is 2. The second-order valence-corrected chi connectivity index (χ2v) is 19.1. The van der Waals surface area contributed by atoms with E-state index in [1.807, 2.05) is 75.4 Å². The first kappa shape index (κ1) is 40.2. The highest BCUT2D eigenvalue weighted by Gasteiger charge is 2.62. The molecule has 1 aliphatic heterocycles. The Bertz CT molecular complexity index is 2160. The molecule has 4 fully saturated rings. The number of pyridine rings is 1. The zero-order valence-electron chi connectivity index (χ0n) is 33.1. The predicted molar refractivity (Wildman–Crippen MR) is 215 cm³/mol. The van der Waals surface area contributed by atoms with Crippen LogP contribution >= 0.6 is 0 Å². The Morgan fingerprint density at radius 3 is 2.39 bits per heavy atom. The van der Waals surface area contributed by atoms with Crippen molar-refractivity contribution < 1.29 is 37.1 Å². The third-order valence-corrected chi connectivity index (χ3v) is 13.7. The van der Waals surface area contributed by atoms with Gasteiger partial charge in [-0.15, -0.1) is 6.58 Å². The van der Waals surface area contributed by atoms with Crippen molar-refractivity contribution in [2.45, 2.75) is 108 Å². The number of carbonyl (C=O) groups is 4. The molecule has 0 radical (unpaired) electrons. The number of methoxy groups -OCH3 is 1. The Labute approximate surface area is 334 Å². The summed E-state index contributed by atoms with van der Waals surface area (Å²) in [5.74, 6) is -2.20. The lowest BCUT2D eigenvalue weighted by Gasteiger charge is -2.35. The summed E-state index contributed by atoms with van der Waals surface area (Å²) in [6, 6.07) is 16.0. The van der Waals surface area contributed by atoms with Gasteiger partial charge in [0.2, 0.25) is 27.7 Å². The second-order valence-electron chi connectivity index (χ2n) is 17.1. The summed E-state index contributed by atoms with van der Waals surface area (Å²) in [4.78, 5) is 62.7. The first-order valence-electron chi connectivity index (χ1n) is 19.9. The van der Waals surface area contributed by atoms with E-state index in [1.165, 1.54) is 11.0 Å². The van der Waals surface area contributed by atoms with Crippen molar-refractivity contribution in [3.05, 3.63) is 67.3 Å². The van der Waals surface area contributed by atoms with Gasteiger partial charge in [0.1, 0.15) is 29.2 Å². The summed E-state index contributed by atoms with van der Waals surface area (Å²) < 4.78 is 40.0. The molecule has 3 saturated carbocycles. The van der Waals surface area contributed by atoms with Crippen LogP contribution in [-0.2, 0) is 29.2 Å². The second kappa shape index (κ2) is 15.8. The zero-order chi connectivity index (χ0) is 40.7. The molecule has 2 heterocycles. The van der Waals surface area contributed by atoms with E-state index < -0.39 is 62.0 Å². The maximum Gasteiger partial charge on any atom is 0.259 e. The van der Waals surface area contributed by atoms with Gasteiger partial charge in [-0.05, 0) is 49.7 Å². The van der Waals surface area contributed by atoms with Crippen LogP contribution in [0.1, 0.15) is 78.6 Å². The molecule has 3 aromatic rings. The van der Waals surface area contributed by atoms with Gasteiger partial charge in [-0.25, -0.2) is 13.4 Å². The molecule has 4 aliphatic rings. The average molecular weight is 800 g/mol. The standard InChI is InChI=1S/C43H53N5O8S/c1-6-27-24-43(27,41(52)47-57(53,54)31-17-18-31)46-39(50)36-21-30(25-48(36)40(51)33(42(2,3)4)22-38(49)44-28-14-10-11-15-28)56-37-23-34(26-12-8-7-9-13-26)45-35-20-29(55-5)16-19-32(35)37/h6-9,12-13,16,19-20,23,27-28,30-31,33,36H,1,10-11,14-15,17-18,21-22,24-25H2,2-5H3,(H,44,49)(H,46,50)(H,47,52)/t27?,30-,33-,36+,43-/m1/s1. The monoisotopic (exact) mass is 799 g/mol. The van der Waals surface area contributed by atoms with Crippen molar-refractivity contribution in [2.24, 2.45) is 17.3 Å². The maximum atomic E-state index is 14.8. The zero-order valence-corrected chi connectivity index (χ0v) is 33.9. The van der Waals surface area contributed by atoms with Crippen LogP contribution in [-0.4, -0.2) is 84.6 Å². The molecule has 304 valence electrons. The van der Waals surface area contributed by atoms with Gasteiger partial charge < -0.3 is 25.0 Å². The van der Waals surface area contributed by atoms with Crippen molar-refractivity contribution in [3.8, 4) is 22.8 Å². The normalized spacial score (nSPS) is 24.1. The maximum absolute atomic E-state index is 14.8. The van der Waals surface area contributed by atoms with Gasteiger partial charge in [0, 0.05) is 47.9 Å². The molecule has 3 aliphatic carbocycles. The summed E-state index contributed by atoms with van der Waals surface area (Å²) in [6.07, 6.45) is 5.85. The number of carbonyl (C=O) groups excluding carboxylic acids is 4. The third-order valence-electron chi connectivity index (χ3n) is 11.9. The van der Waals surface area contributed by atoms with E-state index in [9.17, 15) is 27.6 Å². The number of nitrogens with zero attached hydrogens (tertiary/aromatic N) is 2.